The number of piperidine rings is 1. The Balaban J connectivity index is 1.50. The van der Waals surface area contributed by atoms with Crippen LogP contribution in [0.5, 0.6) is 5.75 Å². The van der Waals surface area contributed by atoms with Crippen molar-refractivity contribution in [1.82, 2.24) is 20.8 Å². The van der Waals surface area contributed by atoms with E-state index in [4.69, 9.17) is 9.94 Å². The second-order valence-corrected chi connectivity index (χ2v) is 7.74. The molecule has 2 heterocycles. The van der Waals surface area contributed by atoms with Crippen LogP contribution in [-0.4, -0.2) is 54.4 Å². The van der Waals surface area contributed by atoms with Gasteiger partial charge in [-0.2, -0.15) is 0 Å². The molecule has 0 aliphatic carbocycles. The molecule has 1 aromatic heterocycles. The molecular formula is C23H32N6O3. The molecule has 9 nitrogen and oxygen atoms in total. The molecule has 1 aromatic carbocycles. The smallest absolute Gasteiger partial charge is 0.277 e. The predicted octanol–water partition coefficient (Wildman–Crippen LogP) is 2.58. The first kappa shape index (κ1) is 23.5. The number of nitrogens with one attached hydrogen (secondary N) is 2. The van der Waals surface area contributed by atoms with Crippen molar-refractivity contribution in [1.29, 1.82) is 0 Å². The maximum absolute atomic E-state index is 11.4. The zero-order valence-corrected chi connectivity index (χ0v) is 18.8. The SMILES string of the molecule is C=CN(CC)c1cc(OC)ccc1CNCC1CCN(c2ncc(C(=O)NO)cn2)CC1. The summed E-state index contributed by atoms with van der Waals surface area (Å²) in [7, 11) is 1.68. The summed E-state index contributed by atoms with van der Waals surface area (Å²) in [4.78, 5) is 24.2. The summed E-state index contributed by atoms with van der Waals surface area (Å²) in [6.45, 7) is 10.3. The predicted molar refractivity (Wildman–Crippen MR) is 124 cm³/mol. The minimum Gasteiger partial charge on any atom is -0.497 e. The zero-order valence-electron chi connectivity index (χ0n) is 18.8. The molecule has 1 aliphatic heterocycles. The quantitative estimate of drug-likeness (QED) is 0.383. The van der Waals surface area contributed by atoms with E-state index in [1.807, 2.05) is 12.3 Å². The van der Waals surface area contributed by atoms with Gasteiger partial charge >= 0.3 is 0 Å². The summed E-state index contributed by atoms with van der Waals surface area (Å²) in [6, 6.07) is 6.15. The third-order valence-corrected chi connectivity index (χ3v) is 5.81. The monoisotopic (exact) mass is 440 g/mol. The van der Waals surface area contributed by atoms with Gasteiger partial charge in [-0.3, -0.25) is 10.0 Å². The lowest BCUT2D eigenvalue weighted by Crippen LogP contribution is -2.38. The highest BCUT2D eigenvalue weighted by Gasteiger charge is 2.21. The summed E-state index contributed by atoms with van der Waals surface area (Å²) < 4.78 is 5.39. The number of carbonyl (C=O) groups is 1. The van der Waals surface area contributed by atoms with Crippen LogP contribution >= 0.6 is 0 Å². The Labute approximate surface area is 189 Å². The van der Waals surface area contributed by atoms with Gasteiger partial charge in [0, 0.05) is 50.3 Å². The summed E-state index contributed by atoms with van der Waals surface area (Å²) in [5, 5.41) is 12.3. The molecule has 0 bridgehead atoms. The van der Waals surface area contributed by atoms with E-state index in [0.717, 1.165) is 57.0 Å². The van der Waals surface area contributed by atoms with Crippen LogP contribution in [0.4, 0.5) is 11.6 Å². The number of anilines is 2. The van der Waals surface area contributed by atoms with E-state index in [-0.39, 0.29) is 5.56 Å². The number of aromatic nitrogens is 2. The lowest BCUT2D eigenvalue weighted by atomic mass is 9.97. The summed E-state index contributed by atoms with van der Waals surface area (Å²) in [5.41, 5.74) is 4.14. The van der Waals surface area contributed by atoms with Crippen LogP contribution in [0.3, 0.4) is 0 Å². The first-order chi connectivity index (χ1) is 15.6. The second kappa shape index (κ2) is 11.4. The lowest BCUT2D eigenvalue weighted by Gasteiger charge is -2.32. The summed E-state index contributed by atoms with van der Waals surface area (Å²) in [5.74, 6) is 1.41. The van der Waals surface area contributed by atoms with Crippen molar-refractivity contribution < 1.29 is 14.7 Å². The van der Waals surface area contributed by atoms with E-state index < -0.39 is 5.91 Å². The Morgan fingerprint density at radius 1 is 1.34 bits per heavy atom. The van der Waals surface area contributed by atoms with Crippen LogP contribution in [0.25, 0.3) is 0 Å². The average molecular weight is 441 g/mol. The van der Waals surface area contributed by atoms with Crippen LogP contribution in [0.1, 0.15) is 35.7 Å². The van der Waals surface area contributed by atoms with Crippen molar-refractivity contribution in [3.05, 3.63) is 54.5 Å². The van der Waals surface area contributed by atoms with Crippen molar-refractivity contribution in [2.45, 2.75) is 26.3 Å². The third kappa shape index (κ3) is 5.74. The van der Waals surface area contributed by atoms with Crippen LogP contribution in [-0.2, 0) is 6.54 Å². The zero-order chi connectivity index (χ0) is 22.9. The lowest BCUT2D eigenvalue weighted by molar-refractivity contribution is 0.0705. The Morgan fingerprint density at radius 2 is 2.06 bits per heavy atom. The van der Waals surface area contributed by atoms with Crippen LogP contribution in [0, 0.1) is 5.92 Å². The van der Waals surface area contributed by atoms with E-state index in [1.165, 1.54) is 18.0 Å². The molecule has 32 heavy (non-hydrogen) atoms. The van der Waals surface area contributed by atoms with Crippen molar-refractivity contribution >= 4 is 17.5 Å². The van der Waals surface area contributed by atoms with E-state index in [2.05, 4.69) is 50.7 Å². The van der Waals surface area contributed by atoms with Gasteiger partial charge in [0.2, 0.25) is 5.95 Å². The third-order valence-electron chi connectivity index (χ3n) is 5.81. The van der Waals surface area contributed by atoms with E-state index in [9.17, 15) is 4.79 Å². The number of ether oxygens (including phenoxy) is 1. The second-order valence-electron chi connectivity index (χ2n) is 7.74. The van der Waals surface area contributed by atoms with Gasteiger partial charge < -0.3 is 19.9 Å². The topological polar surface area (TPSA) is 103 Å². The number of hydrogen-bond donors (Lipinski definition) is 3. The van der Waals surface area contributed by atoms with Crippen molar-refractivity contribution in [2.24, 2.45) is 5.92 Å². The number of hydrogen-bond acceptors (Lipinski definition) is 8. The molecule has 0 unspecified atom stereocenters. The fourth-order valence-corrected chi connectivity index (χ4v) is 3.90. The van der Waals surface area contributed by atoms with Crippen molar-refractivity contribution in [2.75, 3.05) is 43.1 Å². The first-order valence-corrected chi connectivity index (χ1v) is 10.9. The van der Waals surface area contributed by atoms with Gasteiger partial charge in [0.15, 0.2) is 0 Å². The molecule has 1 fully saturated rings. The van der Waals surface area contributed by atoms with Crippen molar-refractivity contribution in [3.8, 4) is 5.75 Å². The maximum atomic E-state index is 11.4. The molecule has 9 heteroatoms. The molecule has 2 aromatic rings. The molecular weight excluding hydrogens is 408 g/mol. The van der Waals surface area contributed by atoms with E-state index in [1.54, 1.807) is 12.6 Å². The fraction of sp³-hybridized carbons (Fsp3) is 0.435. The van der Waals surface area contributed by atoms with Crippen molar-refractivity contribution in [3.63, 3.8) is 0 Å². The fourth-order valence-electron chi connectivity index (χ4n) is 3.90. The number of rotatable bonds is 10. The maximum Gasteiger partial charge on any atom is 0.277 e. The van der Waals surface area contributed by atoms with Gasteiger partial charge in [-0.05, 0) is 50.1 Å². The van der Waals surface area contributed by atoms with Gasteiger partial charge in [0.25, 0.3) is 5.91 Å². The summed E-state index contributed by atoms with van der Waals surface area (Å²) in [6.07, 6.45) is 6.78. The number of methoxy groups -OCH3 is 1. The molecule has 172 valence electrons. The molecule has 1 saturated heterocycles. The molecule has 0 saturated carbocycles. The Bertz CT molecular complexity index is 897. The van der Waals surface area contributed by atoms with Crippen LogP contribution in [0.2, 0.25) is 0 Å². The Hall–Kier alpha value is -3.17. The first-order valence-electron chi connectivity index (χ1n) is 10.9. The number of benzene rings is 1. The highest BCUT2D eigenvalue weighted by Crippen LogP contribution is 2.27. The molecule has 0 radical (unpaired) electrons. The minimum atomic E-state index is -0.614. The molecule has 3 N–H and O–H groups in total. The van der Waals surface area contributed by atoms with Gasteiger partial charge in [-0.15, -0.1) is 0 Å². The molecule has 1 aliphatic rings. The molecule has 0 spiro atoms. The van der Waals surface area contributed by atoms with E-state index in [0.29, 0.717) is 11.9 Å². The molecule has 3 rings (SSSR count). The van der Waals surface area contributed by atoms with Gasteiger partial charge in [0.1, 0.15) is 5.75 Å². The van der Waals surface area contributed by atoms with Crippen LogP contribution < -0.4 is 25.3 Å². The van der Waals surface area contributed by atoms with Gasteiger partial charge in [-0.25, -0.2) is 15.4 Å². The summed E-state index contributed by atoms with van der Waals surface area (Å²) >= 11 is 0. The normalized spacial score (nSPS) is 14.2. The molecule has 1 amide bonds. The van der Waals surface area contributed by atoms with Gasteiger partial charge in [0.05, 0.1) is 12.7 Å². The Morgan fingerprint density at radius 3 is 2.66 bits per heavy atom. The largest absolute Gasteiger partial charge is 0.497 e. The number of carbonyl (C=O) groups excluding carboxylic acids is 1. The number of hydroxylamine groups is 1. The van der Waals surface area contributed by atoms with E-state index >= 15 is 0 Å². The highest BCUT2D eigenvalue weighted by molar-refractivity contribution is 5.92. The minimum absolute atomic E-state index is 0.228. The molecule has 0 atom stereocenters. The highest BCUT2D eigenvalue weighted by atomic mass is 16.5. The number of amides is 1. The standard InChI is InChI=1S/C23H32N6O3/c1-4-28(5-2)21-12-20(32-3)7-6-18(21)14-24-13-17-8-10-29(11-9-17)23-25-15-19(16-26-23)22(30)27-31/h4,6-7,12,15-17,24,31H,1,5,8-11,13-14H2,2-3H3,(H,27,30). The van der Waals surface area contributed by atoms with Gasteiger partial charge in [-0.1, -0.05) is 12.6 Å². The Kier molecular flexibility index (Phi) is 8.41. The van der Waals surface area contributed by atoms with Crippen LogP contribution in [0.15, 0.2) is 43.4 Å². The average Bonchev–Trinajstić information content (AvgIpc) is 2.85. The number of nitrogens with zero attached hydrogens (tertiary/aromatic N) is 4.